The van der Waals surface area contributed by atoms with Gasteiger partial charge in [-0.15, -0.1) is 0 Å². The number of ether oxygens (including phenoxy) is 1. The van der Waals surface area contributed by atoms with Crippen molar-refractivity contribution in [3.8, 4) is 5.75 Å². The van der Waals surface area contributed by atoms with Crippen LogP contribution in [0.1, 0.15) is 79.8 Å². The van der Waals surface area contributed by atoms with Crippen molar-refractivity contribution in [1.29, 1.82) is 0 Å². The minimum absolute atomic E-state index is 0.00648. The monoisotopic (exact) mass is 420 g/mol. The molecule has 2 aromatic rings. The van der Waals surface area contributed by atoms with Gasteiger partial charge in [-0.25, -0.2) is 9.36 Å². The summed E-state index contributed by atoms with van der Waals surface area (Å²) in [6.45, 7) is 5.42. The molecule has 164 valence electrons. The fourth-order valence-electron chi connectivity index (χ4n) is 6.95. The highest BCUT2D eigenvalue weighted by Crippen LogP contribution is 2.61. The Morgan fingerprint density at radius 2 is 2.10 bits per heavy atom. The molecule has 4 nitrogen and oxygen atoms in total. The zero-order valence-corrected chi connectivity index (χ0v) is 18.7. The van der Waals surface area contributed by atoms with E-state index in [1.165, 1.54) is 17.5 Å². The second-order valence-corrected chi connectivity index (χ2v) is 10.1. The van der Waals surface area contributed by atoms with Gasteiger partial charge in [0, 0.05) is 17.9 Å². The number of aryl methyl sites for hydroxylation is 2. The normalized spacial score (nSPS) is 31.4. The third-order valence-corrected chi connectivity index (χ3v) is 8.45. The fraction of sp³-hybridized carbons (Fsp3) is 0.556. The molecule has 0 unspecified atom stereocenters. The van der Waals surface area contributed by atoms with Crippen molar-refractivity contribution in [2.24, 2.45) is 17.3 Å². The Bertz CT molecular complexity index is 986. The number of aromatic hydroxyl groups is 1. The lowest BCUT2D eigenvalue weighted by Gasteiger charge is -2.50. The number of fused-ring (bicyclic) bond motifs is 5. The Balaban J connectivity index is 1.33. The number of phenolic OH excluding ortho intramolecular Hbond substituents is 1. The molecule has 1 aromatic carbocycles. The van der Waals surface area contributed by atoms with Crippen LogP contribution in [-0.2, 0) is 17.7 Å². The Hall–Kier alpha value is -2.36. The van der Waals surface area contributed by atoms with E-state index in [1.807, 2.05) is 36.7 Å². The molecule has 3 aliphatic rings. The molecule has 4 heteroatoms. The van der Waals surface area contributed by atoms with E-state index in [9.17, 15) is 9.90 Å². The number of nitrogens with zero attached hydrogens (tertiary/aromatic N) is 1. The summed E-state index contributed by atoms with van der Waals surface area (Å²) in [6.07, 6.45) is 11.6. The molecule has 0 bridgehead atoms. The van der Waals surface area contributed by atoms with Gasteiger partial charge in [0.2, 0.25) is 0 Å². The van der Waals surface area contributed by atoms with Gasteiger partial charge in [0.25, 0.3) is 0 Å². The van der Waals surface area contributed by atoms with Gasteiger partial charge in [-0.05, 0) is 85.6 Å². The lowest BCUT2D eigenvalue weighted by molar-refractivity contribution is -0.697. The molecule has 31 heavy (non-hydrogen) atoms. The van der Waals surface area contributed by atoms with Gasteiger partial charge in [0.1, 0.15) is 24.0 Å². The summed E-state index contributed by atoms with van der Waals surface area (Å²) in [5.74, 6) is 2.05. The number of aromatic nitrogens is 1. The first-order valence-corrected chi connectivity index (χ1v) is 12.0. The van der Waals surface area contributed by atoms with E-state index in [1.54, 1.807) is 0 Å². The van der Waals surface area contributed by atoms with Crippen LogP contribution in [0.2, 0.25) is 0 Å². The second kappa shape index (κ2) is 7.96. The van der Waals surface area contributed by atoms with Crippen LogP contribution in [0.5, 0.6) is 5.75 Å². The first kappa shape index (κ1) is 20.5. The Kier molecular flexibility index (Phi) is 5.27. The Morgan fingerprint density at radius 3 is 2.94 bits per heavy atom. The minimum atomic E-state index is -0.177. The Morgan fingerprint density at radius 1 is 1.23 bits per heavy atom. The number of carbonyl (C=O) groups is 1. The molecule has 0 aliphatic heterocycles. The first-order valence-electron chi connectivity index (χ1n) is 12.0. The summed E-state index contributed by atoms with van der Waals surface area (Å²) in [6, 6.07) is 9.77. The third kappa shape index (κ3) is 3.54. The topological polar surface area (TPSA) is 50.4 Å². The highest BCUT2D eigenvalue weighted by molar-refractivity contribution is 5.88. The number of pyridine rings is 1. The van der Waals surface area contributed by atoms with E-state index in [4.69, 9.17) is 4.74 Å². The van der Waals surface area contributed by atoms with Gasteiger partial charge in [-0.2, -0.15) is 0 Å². The lowest BCUT2D eigenvalue weighted by atomic mass is 9.55. The molecule has 5 atom stereocenters. The molecular weight excluding hydrogens is 386 g/mol. The van der Waals surface area contributed by atoms with Gasteiger partial charge in [-0.3, -0.25) is 0 Å². The van der Waals surface area contributed by atoms with Gasteiger partial charge in [0.05, 0.1) is 0 Å². The standard InChI is InChI=1S/C27H33NO3/c1-3-14-28-15-4-5-19(17-28)26(30)31-25-11-10-24-23-8-6-18-16-20(29)7-9-21(18)22(23)12-13-27(24,25)2/h4-5,7,9,15-17,22-25H,3,6,8,10-14H2,1-2H3/p+1/t22-,23-,24+,25-,27+/m1/s1. The summed E-state index contributed by atoms with van der Waals surface area (Å²) in [7, 11) is 0. The zero-order valence-electron chi connectivity index (χ0n) is 18.7. The van der Waals surface area contributed by atoms with Crippen molar-refractivity contribution < 1.29 is 19.2 Å². The number of benzene rings is 1. The molecule has 1 aromatic heterocycles. The van der Waals surface area contributed by atoms with Crippen LogP contribution < -0.4 is 4.57 Å². The van der Waals surface area contributed by atoms with Crippen molar-refractivity contribution in [2.45, 2.75) is 77.4 Å². The van der Waals surface area contributed by atoms with Crippen LogP contribution in [0.4, 0.5) is 0 Å². The van der Waals surface area contributed by atoms with Crippen molar-refractivity contribution in [3.63, 3.8) is 0 Å². The molecule has 0 amide bonds. The predicted octanol–water partition coefficient (Wildman–Crippen LogP) is 5.17. The van der Waals surface area contributed by atoms with Gasteiger partial charge < -0.3 is 9.84 Å². The number of rotatable bonds is 4. The van der Waals surface area contributed by atoms with E-state index in [2.05, 4.69) is 24.5 Å². The third-order valence-electron chi connectivity index (χ3n) is 8.45. The van der Waals surface area contributed by atoms with E-state index in [0.29, 0.717) is 29.1 Å². The van der Waals surface area contributed by atoms with Crippen LogP contribution in [0.25, 0.3) is 0 Å². The molecule has 3 aliphatic carbocycles. The van der Waals surface area contributed by atoms with Crippen molar-refractivity contribution in [1.82, 2.24) is 0 Å². The van der Waals surface area contributed by atoms with Gasteiger partial charge in [-0.1, -0.05) is 19.9 Å². The summed E-state index contributed by atoms with van der Waals surface area (Å²) in [4.78, 5) is 13.0. The maximum atomic E-state index is 13.0. The smallest absolute Gasteiger partial charge is 0.344 e. The van der Waals surface area contributed by atoms with E-state index in [0.717, 1.165) is 45.1 Å². The molecule has 0 saturated heterocycles. The predicted molar refractivity (Wildman–Crippen MR) is 119 cm³/mol. The SMILES string of the molecule is CCC[n+]1cccc(C(=O)O[C@@H]2CC[C@H]3[C@@H]4CCc5cc(O)ccc5[C@H]4CC[C@]23C)c1. The van der Waals surface area contributed by atoms with E-state index < -0.39 is 0 Å². The average Bonchev–Trinajstić information content (AvgIpc) is 3.10. The van der Waals surface area contributed by atoms with Gasteiger partial charge >= 0.3 is 5.97 Å². The maximum absolute atomic E-state index is 13.0. The van der Waals surface area contributed by atoms with Crippen LogP contribution in [-0.4, -0.2) is 17.2 Å². The number of hydrogen-bond acceptors (Lipinski definition) is 3. The van der Waals surface area contributed by atoms with Crippen LogP contribution in [0.15, 0.2) is 42.7 Å². The minimum Gasteiger partial charge on any atom is -0.508 e. The second-order valence-electron chi connectivity index (χ2n) is 10.1. The zero-order chi connectivity index (χ0) is 21.6. The quantitative estimate of drug-likeness (QED) is 0.548. The average molecular weight is 421 g/mol. The van der Waals surface area contributed by atoms with Crippen LogP contribution in [0.3, 0.4) is 0 Å². The molecule has 2 saturated carbocycles. The summed E-state index contributed by atoms with van der Waals surface area (Å²) < 4.78 is 8.25. The van der Waals surface area contributed by atoms with Crippen molar-refractivity contribution in [3.05, 3.63) is 59.4 Å². The number of carbonyl (C=O) groups excluding carboxylic acids is 1. The molecule has 0 spiro atoms. The van der Waals surface area contributed by atoms with Gasteiger partial charge in [0.15, 0.2) is 12.4 Å². The summed E-state index contributed by atoms with van der Waals surface area (Å²) in [5, 5.41) is 9.89. The molecular formula is C27H34NO3+. The van der Waals surface area contributed by atoms with E-state index >= 15 is 0 Å². The first-order chi connectivity index (χ1) is 15.0. The molecule has 2 fully saturated rings. The highest BCUT2D eigenvalue weighted by atomic mass is 16.5. The van der Waals surface area contributed by atoms with Crippen molar-refractivity contribution >= 4 is 5.97 Å². The number of esters is 1. The molecule has 1 heterocycles. The summed E-state index contributed by atoms with van der Waals surface area (Å²) >= 11 is 0. The fourth-order valence-corrected chi connectivity index (χ4v) is 6.95. The van der Waals surface area contributed by atoms with Crippen LogP contribution >= 0.6 is 0 Å². The molecule has 0 radical (unpaired) electrons. The van der Waals surface area contributed by atoms with E-state index in [-0.39, 0.29) is 17.5 Å². The Labute approximate surface area is 185 Å². The highest BCUT2D eigenvalue weighted by Gasteiger charge is 2.56. The van der Waals surface area contributed by atoms with Crippen LogP contribution in [0, 0.1) is 17.3 Å². The number of hydrogen-bond donors (Lipinski definition) is 1. The lowest BCUT2D eigenvalue weighted by Crippen LogP contribution is -2.45. The van der Waals surface area contributed by atoms with Crippen molar-refractivity contribution in [2.75, 3.05) is 0 Å². The largest absolute Gasteiger partial charge is 0.508 e. The number of phenols is 1. The maximum Gasteiger partial charge on any atom is 0.344 e. The molecule has 1 N–H and O–H groups in total. The molecule has 5 rings (SSSR count). The summed E-state index contributed by atoms with van der Waals surface area (Å²) in [5.41, 5.74) is 3.50.